The molecule has 1 aliphatic heterocycles. The minimum Gasteiger partial charge on any atom is -0.357 e. The lowest BCUT2D eigenvalue weighted by atomic mass is 10.2. The van der Waals surface area contributed by atoms with Gasteiger partial charge in [0, 0.05) is 26.1 Å². The molecule has 0 amide bonds. The van der Waals surface area contributed by atoms with Crippen molar-refractivity contribution in [3.05, 3.63) is 11.6 Å². The molecule has 6 nitrogen and oxygen atoms in total. The standard InChI is InChI=1S/C15H26N6.HI/c1-2-16-15(17-10-12-7-8-12)18-11-14-20-19-13-6-4-3-5-9-21(13)14;/h12H,2-11H2,1H3,(H2,16,17,18);1H. The average molecular weight is 418 g/mol. The maximum absolute atomic E-state index is 4.67. The van der Waals surface area contributed by atoms with E-state index in [2.05, 4.69) is 37.3 Å². The van der Waals surface area contributed by atoms with Gasteiger partial charge in [-0.2, -0.15) is 0 Å². The first-order chi connectivity index (χ1) is 10.4. The highest BCUT2D eigenvalue weighted by molar-refractivity contribution is 14.0. The Bertz CT molecular complexity index is 494. The van der Waals surface area contributed by atoms with E-state index in [9.17, 15) is 0 Å². The number of aryl methyl sites for hydroxylation is 1. The van der Waals surface area contributed by atoms with Gasteiger partial charge >= 0.3 is 0 Å². The van der Waals surface area contributed by atoms with Crippen molar-refractivity contribution in [3.8, 4) is 0 Å². The maximum Gasteiger partial charge on any atom is 0.191 e. The number of aromatic nitrogens is 3. The summed E-state index contributed by atoms with van der Waals surface area (Å²) >= 11 is 0. The molecular formula is C15H27IN6. The van der Waals surface area contributed by atoms with Crippen molar-refractivity contribution in [2.75, 3.05) is 13.1 Å². The van der Waals surface area contributed by atoms with Crippen LogP contribution in [-0.2, 0) is 19.5 Å². The Morgan fingerprint density at radius 3 is 2.86 bits per heavy atom. The molecule has 2 N–H and O–H groups in total. The molecule has 1 aromatic rings. The van der Waals surface area contributed by atoms with Gasteiger partial charge in [-0.05, 0) is 38.5 Å². The number of nitrogens with one attached hydrogen (secondary N) is 2. The monoisotopic (exact) mass is 418 g/mol. The van der Waals surface area contributed by atoms with E-state index < -0.39 is 0 Å². The van der Waals surface area contributed by atoms with E-state index in [0.29, 0.717) is 6.54 Å². The first-order valence-corrected chi connectivity index (χ1v) is 8.30. The van der Waals surface area contributed by atoms with E-state index in [0.717, 1.165) is 49.6 Å². The van der Waals surface area contributed by atoms with Gasteiger partial charge in [-0.15, -0.1) is 34.2 Å². The third-order valence-corrected chi connectivity index (χ3v) is 4.16. The van der Waals surface area contributed by atoms with E-state index >= 15 is 0 Å². The smallest absolute Gasteiger partial charge is 0.191 e. The van der Waals surface area contributed by atoms with E-state index in [4.69, 9.17) is 0 Å². The molecule has 3 rings (SSSR count). The van der Waals surface area contributed by atoms with Gasteiger partial charge in [-0.3, -0.25) is 0 Å². The van der Waals surface area contributed by atoms with Crippen molar-refractivity contribution in [2.24, 2.45) is 10.9 Å². The molecule has 1 saturated carbocycles. The molecule has 0 aromatic carbocycles. The Morgan fingerprint density at radius 1 is 1.23 bits per heavy atom. The summed E-state index contributed by atoms with van der Waals surface area (Å²) in [6.45, 7) is 5.65. The van der Waals surface area contributed by atoms with E-state index in [1.165, 1.54) is 32.1 Å². The minimum absolute atomic E-state index is 0. The Kier molecular flexibility index (Phi) is 6.91. The van der Waals surface area contributed by atoms with Crippen molar-refractivity contribution in [3.63, 3.8) is 0 Å². The molecule has 1 fully saturated rings. The van der Waals surface area contributed by atoms with Gasteiger partial charge < -0.3 is 15.2 Å². The molecule has 0 atom stereocenters. The summed E-state index contributed by atoms with van der Waals surface area (Å²) in [5.41, 5.74) is 0. The van der Waals surface area contributed by atoms with Crippen LogP contribution in [0.2, 0.25) is 0 Å². The summed E-state index contributed by atoms with van der Waals surface area (Å²) in [7, 11) is 0. The normalized spacial score (nSPS) is 18.1. The van der Waals surface area contributed by atoms with Gasteiger partial charge in [0.05, 0.1) is 0 Å². The van der Waals surface area contributed by atoms with Crippen molar-refractivity contribution >= 4 is 29.9 Å². The SMILES string of the molecule is CCNC(=NCc1nnc2n1CCCCC2)NCC1CC1.I. The Balaban J connectivity index is 0.00000176. The van der Waals surface area contributed by atoms with Gasteiger partial charge in [-0.25, -0.2) is 4.99 Å². The van der Waals surface area contributed by atoms with Crippen LogP contribution in [0.4, 0.5) is 0 Å². The van der Waals surface area contributed by atoms with E-state index in [1.807, 2.05) is 0 Å². The van der Waals surface area contributed by atoms with Gasteiger partial charge in [0.2, 0.25) is 0 Å². The molecule has 2 aliphatic rings. The third kappa shape index (κ3) is 4.82. The van der Waals surface area contributed by atoms with Crippen LogP contribution >= 0.6 is 24.0 Å². The summed E-state index contributed by atoms with van der Waals surface area (Å²) in [6.07, 6.45) is 7.50. The molecule has 0 bridgehead atoms. The molecule has 7 heteroatoms. The van der Waals surface area contributed by atoms with Gasteiger partial charge in [0.15, 0.2) is 11.8 Å². The van der Waals surface area contributed by atoms with Gasteiger partial charge in [0.1, 0.15) is 12.4 Å². The predicted molar refractivity (Wildman–Crippen MR) is 98.5 cm³/mol. The second-order valence-electron chi connectivity index (χ2n) is 6.01. The van der Waals surface area contributed by atoms with E-state index in [1.54, 1.807) is 0 Å². The molecule has 0 radical (unpaired) electrons. The van der Waals surface area contributed by atoms with Gasteiger partial charge in [0.25, 0.3) is 0 Å². The Hall–Kier alpha value is -0.860. The number of nitrogens with zero attached hydrogens (tertiary/aromatic N) is 4. The van der Waals surface area contributed by atoms with Gasteiger partial charge in [-0.1, -0.05) is 6.42 Å². The summed E-state index contributed by atoms with van der Waals surface area (Å²) in [4.78, 5) is 4.67. The van der Waals surface area contributed by atoms with Crippen LogP contribution in [0, 0.1) is 5.92 Å². The van der Waals surface area contributed by atoms with Crippen LogP contribution < -0.4 is 10.6 Å². The average Bonchev–Trinajstić information content (AvgIpc) is 3.28. The zero-order valence-electron chi connectivity index (χ0n) is 13.3. The summed E-state index contributed by atoms with van der Waals surface area (Å²) in [5.74, 6) is 3.87. The number of aliphatic imine (C=N–C) groups is 1. The van der Waals surface area contributed by atoms with Crippen molar-refractivity contribution in [1.82, 2.24) is 25.4 Å². The van der Waals surface area contributed by atoms with Crippen molar-refractivity contribution in [1.29, 1.82) is 0 Å². The second kappa shape index (κ2) is 8.69. The fourth-order valence-corrected chi connectivity index (χ4v) is 2.72. The predicted octanol–water partition coefficient (Wildman–Crippen LogP) is 2.09. The molecule has 22 heavy (non-hydrogen) atoms. The highest BCUT2D eigenvalue weighted by Crippen LogP contribution is 2.27. The molecule has 2 heterocycles. The Labute approximate surface area is 149 Å². The topological polar surface area (TPSA) is 67.1 Å². The highest BCUT2D eigenvalue weighted by Gasteiger charge is 2.21. The fourth-order valence-electron chi connectivity index (χ4n) is 2.72. The molecule has 1 aliphatic carbocycles. The highest BCUT2D eigenvalue weighted by atomic mass is 127. The zero-order valence-corrected chi connectivity index (χ0v) is 15.7. The lowest BCUT2D eigenvalue weighted by Crippen LogP contribution is -2.38. The molecule has 0 saturated heterocycles. The number of hydrogen-bond donors (Lipinski definition) is 2. The van der Waals surface area contributed by atoms with Crippen LogP contribution in [-0.4, -0.2) is 33.8 Å². The second-order valence-corrected chi connectivity index (χ2v) is 6.01. The summed E-state index contributed by atoms with van der Waals surface area (Å²) in [5, 5.41) is 15.4. The molecule has 124 valence electrons. The maximum atomic E-state index is 4.67. The van der Waals surface area contributed by atoms with Crippen LogP contribution in [0.25, 0.3) is 0 Å². The minimum atomic E-state index is 0. The van der Waals surface area contributed by atoms with Crippen LogP contribution in [0.3, 0.4) is 0 Å². The number of halogens is 1. The van der Waals surface area contributed by atoms with Crippen LogP contribution in [0.5, 0.6) is 0 Å². The third-order valence-electron chi connectivity index (χ3n) is 4.16. The van der Waals surface area contributed by atoms with E-state index in [-0.39, 0.29) is 24.0 Å². The largest absolute Gasteiger partial charge is 0.357 e. The molecular weight excluding hydrogens is 391 g/mol. The number of guanidine groups is 1. The zero-order chi connectivity index (χ0) is 14.5. The lowest BCUT2D eigenvalue weighted by Gasteiger charge is -2.11. The first kappa shape index (κ1) is 17.5. The Morgan fingerprint density at radius 2 is 2.09 bits per heavy atom. The van der Waals surface area contributed by atoms with Crippen LogP contribution in [0.15, 0.2) is 4.99 Å². The first-order valence-electron chi connectivity index (χ1n) is 8.30. The summed E-state index contributed by atoms with van der Waals surface area (Å²) < 4.78 is 2.26. The fraction of sp³-hybridized carbons (Fsp3) is 0.800. The molecule has 0 unspecified atom stereocenters. The quantitative estimate of drug-likeness (QED) is 0.437. The van der Waals surface area contributed by atoms with Crippen LogP contribution in [0.1, 0.15) is 50.7 Å². The van der Waals surface area contributed by atoms with Crippen molar-refractivity contribution in [2.45, 2.75) is 58.5 Å². The molecule has 1 aromatic heterocycles. The molecule has 0 spiro atoms. The number of rotatable bonds is 5. The lowest BCUT2D eigenvalue weighted by molar-refractivity contribution is 0.605. The number of hydrogen-bond acceptors (Lipinski definition) is 3. The summed E-state index contributed by atoms with van der Waals surface area (Å²) in [6, 6.07) is 0. The number of fused-ring (bicyclic) bond motifs is 1. The van der Waals surface area contributed by atoms with Crippen molar-refractivity contribution < 1.29 is 0 Å².